The second-order valence-corrected chi connectivity index (χ2v) is 4.44. The molecule has 0 fully saturated rings. The average molecular weight is 291 g/mol. The molecule has 0 saturated heterocycles. The number of aromatic nitrogens is 2. The van der Waals surface area contributed by atoms with Crippen molar-refractivity contribution in [2.45, 2.75) is 0 Å². The Morgan fingerprint density at radius 2 is 1.70 bits per heavy atom. The first-order valence-corrected chi connectivity index (χ1v) is 6.10. The SMILES string of the molecule is Fc1nc(F)c(Cl)c([N]c2ccc3ccccc3c2)n1. The maximum Gasteiger partial charge on any atom is 0.313 e. The Morgan fingerprint density at radius 1 is 0.950 bits per heavy atom. The quantitative estimate of drug-likeness (QED) is 0.526. The molecule has 0 amide bonds. The molecule has 0 unspecified atom stereocenters. The van der Waals surface area contributed by atoms with E-state index in [2.05, 4.69) is 15.3 Å². The maximum atomic E-state index is 13.2. The predicted molar refractivity (Wildman–Crippen MR) is 72.4 cm³/mol. The summed E-state index contributed by atoms with van der Waals surface area (Å²) in [7, 11) is 0. The molecule has 0 spiro atoms. The maximum absolute atomic E-state index is 13.2. The van der Waals surface area contributed by atoms with Crippen LogP contribution in [0.1, 0.15) is 0 Å². The summed E-state index contributed by atoms with van der Waals surface area (Å²) >= 11 is 5.67. The lowest BCUT2D eigenvalue weighted by Crippen LogP contribution is -2.01. The minimum absolute atomic E-state index is 0.230. The van der Waals surface area contributed by atoms with Gasteiger partial charge in [0.2, 0.25) is 5.95 Å². The van der Waals surface area contributed by atoms with Crippen LogP contribution in [0.4, 0.5) is 20.3 Å². The van der Waals surface area contributed by atoms with Crippen molar-refractivity contribution >= 4 is 33.9 Å². The molecule has 0 N–H and O–H groups in total. The van der Waals surface area contributed by atoms with E-state index in [1.807, 2.05) is 30.3 Å². The van der Waals surface area contributed by atoms with E-state index in [-0.39, 0.29) is 5.82 Å². The monoisotopic (exact) mass is 290 g/mol. The molecule has 0 aliphatic heterocycles. The van der Waals surface area contributed by atoms with Crippen LogP contribution in [0.3, 0.4) is 0 Å². The molecular formula is C14H7ClF2N3. The lowest BCUT2D eigenvalue weighted by Gasteiger charge is -2.06. The number of fused-ring (bicyclic) bond motifs is 1. The lowest BCUT2D eigenvalue weighted by molar-refractivity contribution is 0.482. The highest BCUT2D eigenvalue weighted by Gasteiger charge is 2.14. The molecule has 3 rings (SSSR count). The first-order valence-electron chi connectivity index (χ1n) is 5.72. The van der Waals surface area contributed by atoms with E-state index in [0.717, 1.165) is 10.8 Å². The van der Waals surface area contributed by atoms with E-state index in [0.29, 0.717) is 5.69 Å². The number of benzene rings is 2. The van der Waals surface area contributed by atoms with Crippen LogP contribution in [0, 0.1) is 12.0 Å². The molecule has 0 atom stereocenters. The minimum Gasteiger partial charge on any atom is -0.228 e. The highest BCUT2D eigenvalue weighted by atomic mass is 35.5. The van der Waals surface area contributed by atoms with Crippen LogP contribution in [0.25, 0.3) is 10.8 Å². The van der Waals surface area contributed by atoms with Gasteiger partial charge in [0.05, 0.1) is 5.69 Å². The Balaban J connectivity index is 2.01. The van der Waals surface area contributed by atoms with Gasteiger partial charge >= 0.3 is 6.08 Å². The Hall–Kier alpha value is -2.27. The molecule has 2 aromatic carbocycles. The van der Waals surface area contributed by atoms with E-state index in [1.54, 1.807) is 12.1 Å². The molecule has 1 aromatic heterocycles. The van der Waals surface area contributed by atoms with Gasteiger partial charge in [0.25, 0.3) is 0 Å². The number of nitrogens with zero attached hydrogens (tertiary/aromatic N) is 3. The van der Waals surface area contributed by atoms with Gasteiger partial charge in [0.1, 0.15) is 5.02 Å². The third-order valence-electron chi connectivity index (χ3n) is 2.73. The van der Waals surface area contributed by atoms with Gasteiger partial charge in [-0.05, 0) is 22.9 Å². The first kappa shape index (κ1) is 12.7. The van der Waals surface area contributed by atoms with Crippen LogP contribution in [0.5, 0.6) is 0 Å². The Labute approximate surface area is 118 Å². The largest absolute Gasteiger partial charge is 0.313 e. The summed E-state index contributed by atoms with van der Waals surface area (Å²) in [5, 5.41) is 5.64. The van der Waals surface area contributed by atoms with Crippen molar-refractivity contribution in [3.63, 3.8) is 0 Å². The van der Waals surface area contributed by atoms with Crippen molar-refractivity contribution in [2.24, 2.45) is 0 Å². The van der Waals surface area contributed by atoms with Crippen molar-refractivity contribution < 1.29 is 8.78 Å². The Kier molecular flexibility index (Phi) is 3.20. The van der Waals surface area contributed by atoms with Gasteiger partial charge in [-0.2, -0.15) is 18.7 Å². The summed E-state index contributed by atoms with van der Waals surface area (Å²) in [6, 6.07) is 13.0. The van der Waals surface area contributed by atoms with Crippen LogP contribution in [0.2, 0.25) is 5.02 Å². The molecule has 0 aliphatic rings. The molecule has 20 heavy (non-hydrogen) atoms. The smallest absolute Gasteiger partial charge is 0.228 e. The van der Waals surface area contributed by atoms with Gasteiger partial charge in [0.15, 0.2) is 5.82 Å². The molecule has 0 aliphatic carbocycles. The summed E-state index contributed by atoms with van der Waals surface area (Å²) in [5.41, 5.74) is 0.503. The fourth-order valence-corrected chi connectivity index (χ4v) is 1.95. The fraction of sp³-hybridized carbons (Fsp3) is 0. The van der Waals surface area contributed by atoms with Gasteiger partial charge in [-0.15, -0.1) is 0 Å². The van der Waals surface area contributed by atoms with Crippen LogP contribution in [-0.2, 0) is 0 Å². The molecule has 3 nitrogen and oxygen atoms in total. The number of hydrogen-bond donors (Lipinski definition) is 0. The zero-order valence-electron chi connectivity index (χ0n) is 10.0. The van der Waals surface area contributed by atoms with Crippen molar-refractivity contribution in [2.75, 3.05) is 0 Å². The number of rotatable bonds is 2. The zero-order valence-corrected chi connectivity index (χ0v) is 10.8. The van der Waals surface area contributed by atoms with Crippen molar-refractivity contribution in [3.8, 4) is 0 Å². The van der Waals surface area contributed by atoms with Gasteiger partial charge < -0.3 is 0 Å². The Morgan fingerprint density at radius 3 is 2.50 bits per heavy atom. The Bertz CT molecular complexity index is 792. The highest BCUT2D eigenvalue weighted by Crippen LogP contribution is 2.27. The molecule has 1 radical (unpaired) electrons. The third-order valence-corrected chi connectivity index (χ3v) is 3.06. The molecular weight excluding hydrogens is 284 g/mol. The topological polar surface area (TPSA) is 39.9 Å². The van der Waals surface area contributed by atoms with Gasteiger partial charge in [-0.1, -0.05) is 41.9 Å². The van der Waals surface area contributed by atoms with E-state index in [4.69, 9.17) is 11.6 Å². The summed E-state index contributed by atoms with van der Waals surface area (Å²) in [4.78, 5) is 6.28. The van der Waals surface area contributed by atoms with E-state index >= 15 is 0 Å². The van der Waals surface area contributed by atoms with Crippen LogP contribution >= 0.6 is 11.6 Å². The molecule has 99 valence electrons. The lowest BCUT2D eigenvalue weighted by atomic mass is 10.1. The summed E-state index contributed by atoms with van der Waals surface area (Å²) in [6.45, 7) is 0. The predicted octanol–water partition coefficient (Wildman–Crippen LogP) is 4.13. The number of halogens is 3. The van der Waals surface area contributed by atoms with Gasteiger partial charge in [-0.3, -0.25) is 0 Å². The average Bonchev–Trinajstić information content (AvgIpc) is 2.44. The second-order valence-electron chi connectivity index (χ2n) is 4.06. The minimum atomic E-state index is -1.20. The summed E-state index contributed by atoms with van der Waals surface area (Å²) in [6.07, 6.45) is -1.20. The molecule has 1 heterocycles. The van der Waals surface area contributed by atoms with Gasteiger partial charge in [0, 0.05) is 0 Å². The van der Waals surface area contributed by atoms with Crippen molar-refractivity contribution in [1.29, 1.82) is 0 Å². The van der Waals surface area contributed by atoms with E-state index in [1.165, 1.54) is 0 Å². The molecule has 0 bridgehead atoms. The summed E-state index contributed by atoms with van der Waals surface area (Å²) in [5.74, 6) is -1.36. The van der Waals surface area contributed by atoms with Gasteiger partial charge in [-0.25, -0.2) is 5.32 Å². The van der Waals surface area contributed by atoms with Crippen LogP contribution < -0.4 is 5.32 Å². The second kappa shape index (κ2) is 5.02. The van der Waals surface area contributed by atoms with Crippen molar-refractivity contribution in [1.82, 2.24) is 15.3 Å². The molecule has 6 heteroatoms. The van der Waals surface area contributed by atoms with E-state index < -0.39 is 17.0 Å². The normalized spacial score (nSPS) is 10.8. The van der Waals surface area contributed by atoms with Crippen molar-refractivity contribution in [3.05, 3.63) is 59.5 Å². The molecule has 3 aromatic rings. The fourth-order valence-electron chi connectivity index (χ4n) is 1.83. The zero-order chi connectivity index (χ0) is 14.1. The third kappa shape index (κ3) is 2.40. The van der Waals surface area contributed by atoms with Crippen LogP contribution in [0.15, 0.2) is 42.5 Å². The summed E-state index contributed by atoms with van der Waals surface area (Å²) < 4.78 is 26.2. The van der Waals surface area contributed by atoms with E-state index in [9.17, 15) is 8.78 Å². The standard InChI is InChI=1S/C14H7ClF2N3/c15-11-12(16)19-14(17)20-13(11)18-10-6-5-8-3-1-2-4-9(8)7-10/h1-7H. The van der Waals surface area contributed by atoms with Crippen LogP contribution in [-0.4, -0.2) is 9.97 Å². The first-order chi connectivity index (χ1) is 9.63. The molecule has 0 saturated carbocycles. The highest BCUT2D eigenvalue weighted by molar-refractivity contribution is 6.32. The number of hydrogen-bond acceptors (Lipinski definition) is 2.